The molecule has 0 bridgehead atoms. The van der Waals surface area contributed by atoms with Crippen LogP contribution in [0.2, 0.25) is 5.02 Å². The molecule has 0 heterocycles. The zero-order valence-electron chi connectivity index (χ0n) is 10.3. The SMILES string of the molecule is CSc1ccc(C(=O)Cc2cc(Cl)ccc2F)cc1. The number of ketones is 1. The molecule has 0 atom stereocenters. The summed E-state index contributed by atoms with van der Waals surface area (Å²) in [4.78, 5) is 13.1. The van der Waals surface area contributed by atoms with Crippen LogP contribution in [0.25, 0.3) is 0 Å². The molecule has 2 rings (SSSR count). The molecular weight excluding hydrogens is 283 g/mol. The summed E-state index contributed by atoms with van der Waals surface area (Å²) >= 11 is 7.41. The van der Waals surface area contributed by atoms with Crippen molar-refractivity contribution in [3.63, 3.8) is 0 Å². The van der Waals surface area contributed by atoms with Gasteiger partial charge in [-0.05, 0) is 42.2 Å². The van der Waals surface area contributed by atoms with Crippen molar-refractivity contribution in [1.29, 1.82) is 0 Å². The van der Waals surface area contributed by atoms with Gasteiger partial charge in [0.1, 0.15) is 5.82 Å². The highest BCUT2D eigenvalue weighted by molar-refractivity contribution is 7.98. The van der Waals surface area contributed by atoms with E-state index < -0.39 is 5.82 Å². The number of thioether (sulfide) groups is 1. The maximum atomic E-state index is 13.6. The fourth-order valence-electron chi connectivity index (χ4n) is 1.73. The second-order valence-electron chi connectivity index (χ2n) is 4.06. The molecule has 0 fully saturated rings. The van der Waals surface area contributed by atoms with Crippen LogP contribution < -0.4 is 0 Å². The minimum absolute atomic E-state index is 0.0189. The van der Waals surface area contributed by atoms with E-state index in [9.17, 15) is 9.18 Å². The Balaban J connectivity index is 2.18. The van der Waals surface area contributed by atoms with Crippen LogP contribution in [-0.4, -0.2) is 12.0 Å². The molecule has 0 saturated carbocycles. The zero-order valence-corrected chi connectivity index (χ0v) is 11.9. The molecular formula is C15H12ClFOS. The van der Waals surface area contributed by atoms with E-state index in [1.807, 2.05) is 18.4 Å². The molecule has 2 aromatic rings. The van der Waals surface area contributed by atoms with E-state index in [0.717, 1.165) is 4.90 Å². The fourth-order valence-corrected chi connectivity index (χ4v) is 2.33. The number of halogens is 2. The van der Waals surface area contributed by atoms with Crippen molar-refractivity contribution in [3.05, 3.63) is 64.4 Å². The first-order valence-electron chi connectivity index (χ1n) is 5.71. The Kier molecular flexibility index (Phi) is 4.61. The second-order valence-corrected chi connectivity index (χ2v) is 5.38. The van der Waals surface area contributed by atoms with Crippen LogP contribution in [0.1, 0.15) is 15.9 Å². The molecule has 0 aliphatic rings. The first-order chi connectivity index (χ1) is 9.10. The molecule has 0 N–H and O–H groups in total. The number of benzene rings is 2. The van der Waals surface area contributed by atoms with Gasteiger partial charge in [0.05, 0.1) is 0 Å². The van der Waals surface area contributed by atoms with Gasteiger partial charge in [-0.3, -0.25) is 4.79 Å². The minimum Gasteiger partial charge on any atom is -0.294 e. The molecule has 98 valence electrons. The summed E-state index contributed by atoms with van der Waals surface area (Å²) in [7, 11) is 0. The summed E-state index contributed by atoms with van der Waals surface area (Å²) in [6.07, 6.45) is 1.99. The third-order valence-electron chi connectivity index (χ3n) is 2.77. The number of hydrogen-bond donors (Lipinski definition) is 0. The topological polar surface area (TPSA) is 17.1 Å². The van der Waals surface area contributed by atoms with Gasteiger partial charge in [-0.25, -0.2) is 4.39 Å². The number of rotatable bonds is 4. The van der Waals surface area contributed by atoms with E-state index in [2.05, 4.69) is 0 Å². The lowest BCUT2D eigenvalue weighted by Crippen LogP contribution is -2.05. The average molecular weight is 295 g/mol. The number of Topliss-reactive ketones (excluding diaryl/α,β-unsaturated/α-hetero) is 1. The Morgan fingerprint density at radius 1 is 1.21 bits per heavy atom. The monoisotopic (exact) mass is 294 g/mol. The van der Waals surface area contributed by atoms with Gasteiger partial charge in [-0.2, -0.15) is 0 Å². The summed E-state index contributed by atoms with van der Waals surface area (Å²) in [6, 6.07) is 11.5. The van der Waals surface area contributed by atoms with E-state index >= 15 is 0 Å². The van der Waals surface area contributed by atoms with Gasteiger partial charge in [0.15, 0.2) is 5.78 Å². The highest BCUT2D eigenvalue weighted by Gasteiger charge is 2.11. The largest absolute Gasteiger partial charge is 0.294 e. The predicted octanol–water partition coefficient (Wildman–Crippen LogP) is 4.63. The van der Waals surface area contributed by atoms with Crippen molar-refractivity contribution < 1.29 is 9.18 Å². The van der Waals surface area contributed by atoms with Gasteiger partial charge in [-0.15, -0.1) is 11.8 Å². The molecule has 0 spiro atoms. The van der Waals surface area contributed by atoms with Crippen molar-refractivity contribution in [1.82, 2.24) is 0 Å². The van der Waals surface area contributed by atoms with Gasteiger partial charge >= 0.3 is 0 Å². The zero-order chi connectivity index (χ0) is 13.8. The van der Waals surface area contributed by atoms with Crippen molar-refractivity contribution >= 4 is 29.1 Å². The summed E-state index contributed by atoms with van der Waals surface area (Å²) in [5.74, 6) is -0.521. The summed E-state index contributed by atoms with van der Waals surface area (Å²) in [5.41, 5.74) is 0.906. The molecule has 2 aromatic carbocycles. The van der Waals surface area contributed by atoms with E-state index in [-0.39, 0.29) is 12.2 Å². The van der Waals surface area contributed by atoms with E-state index in [4.69, 9.17) is 11.6 Å². The Bertz CT molecular complexity index is 596. The summed E-state index contributed by atoms with van der Waals surface area (Å²) in [6.45, 7) is 0. The van der Waals surface area contributed by atoms with E-state index in [1.54, 1.807) is 23.9 Å². The third-order valence-corrected chi connectivity index (χ3v) is 3.75. The van der Waals surface area contributed by atoms with Gasteiger partial charge in [0, 0.05) is 21.9 Å². The highest BCUT2D eigenvalue weighted by atomic mass is 35.5. The highest BCUT2D eigenvalue weighted by Crippen LogP contribution is 2.19. The molecule has 4 heteroatoms. The first kappa shape index (κ1) is 14.1. The lowest BCUT2D eigenvalue weighted by molar-refractivity contribution is 0.0992. The molecule has 0 unspecified atom stereocenters. The lowest BCUT2D eigenvalue weighted by Gasteiger charge is -2.04. The van der Waals surface area contributed by atoms with Crippen LogP contribution in [0.15, 0.2) is 47.4 Å². The molecule has 0 aliphatic carbocycles. The molecule has 0 aromatic heterocycles. The maximum absolute atomic E-state index is 13.6. The normalized spacial score (nSPS) is 10.5. The third kappa shape index (κ3) is 3.58. The van der Waals surface area contributed by atoms with Gasteiger partial charge in [0.2, 0.25) is 0 Å². The summed E-state index contributed by atoms with van der Waals surface area (Å²) < 4.78 is 13.6. The van der Waals surface area contributed by atoms with Crippen LogP contribution in [0.3, 0.4) is 0 Å². The van der Waals surface area contributed by atoms with E-state index in [1.165, 1.54) is 18.2 Å². The first-order valence-corrected chi connectivity index (χ1v) is 7.31. The average Bonchev–Trinajstić information content (AvgIpc) is 2.43. The number of carbonyl (C=O) groups is 1. The van der Waals surface area contributed by atoms with Gasteiger partial charge < -0.3 is 0 Å². The van der Waals surface area contributed by atoms with Crippen LogP contribution in [0.5, 0.6) is 0 Å². The van der Waals surface area contributed by atoms with Gasteiger partial charge in [0.25, 0.3) is 0 Å². The second kappa shape index (κ2) is 6.22. The molecule has 0 amide bonds. The van der Waals surface area contributed by atoms with Crippen molar-refractivity contribution in [2.75, 3.05) is 6.26 Å². The Labute approximate surface area is 120 Å². The molecule has 0 saturated heterocycles. The van der Waals surface area contributed by atoms with Crippen molar-refractivity contribution in [3.8, 4) is 0 Å². The smallest absolute Gasteiger partial charge is 0.167 e. The lowest BCUT2D eigenvalue weighted by atomic mass is 10.0. The van der Waals surface area contributed by atoms with Crippen LogP contribution in [-0.2, 0) is 6.42 Å². The maximum Gasteiger partial charge on any atom is 0.167 e. The molecule has 1 nitrogen and oxygen atoms in total. The molecule has 0 aliphatic heterocycles. The Morgan fingerprint density at radius 3 is 2.53 bits per heavy atom. The predicted molar refractivity (Wildman–Crippen MR) is 77.7 cm³/mol. The quantitative estimate of drug-likeness (QED) is 0.604. The van der Waals surface area contributed by atoms with Gasteiger partial charge in [-0.1, -0.05) is 23.7 Å². The van der Waals surface area contributed by atoms with Crippen molar-refractivity contribution in [2.24, 2.45) is 0 Å². The van der Waals surface area contributed by atoms with Crippen molar-refractivity contribution in [2.45, 2.75) is 11.3 Å². The Morgan fingerprint density at radius 2 is 1.89 bits per heavy atom. The van der Waals surface area contributed by atoms with Crippen LogP contribution in [0.4, 0.5) is 4.39 Å². The number of carbonyl (C=O) groups excluding carboxylic acids is 1. The van der Waals surface area contributed by atoms with E-state index in [0.29, 0.717) is 16.1 Å². The molecule has 19 heavy (non-hydrogen) atoms. The number of hydrogen-bond acceptors (Lipinski definition) is 2. The standard InChI is InChI=1S/C15H12ClFOS/c1-19-13-5-2-10(3-6-13)15(18)9-11-8-12(16)4-7-14(11)17/h2-8H,9H2,1H3. The van der Waals surface area contributed by atoms with Crippen LogP contribution in [0, 0.1) is 5.82 Å². The summed E-state index contributed by atoms with van der Waals surface area (Å²) in [5, 5.41) is 0.432. The molecule has 0 radical (unpaired) electrons. The van der Waals surface area contributed by atoms with Crippen LogP contribution >= 0.6 is 23.4 Å². The Hall–Kier alpha value is -1.32. The minimum atomic E-state index is -0.404. The fraction of sp³-hybridized carbons (Fsp3) is 0.133.